The molecule has 0 saturated heterocycles. The highest BCUT2D eigenvalue weighted by atomic mass is 16.5. The van der Waals surface area contributed by atoms with Crippen molar-refractivity contribution >= 4 is 5.97 Å². The molecule has 0 spiro atoms. The Hall–Kier alpha value is -1.35. The summed E-state index contributed by atoms with van der Waals surface area (Å²) in [5.74, 6) is -0.203. The maximum Gasteiger partial charge on any atom is 0.338 e. The zero-order chi connectivity index (χ0) is 11.5. The maximum absolute atomic E-state index is 11.8. The summed E-state index contributed by atoms with van der Waals surface area (Å²) in [5, 5.41) is 3.29. The number of esters is 1. The van der Waals surface area contributed by atoms with Gasteiger partial charge in [0.05, 0.1) is 12.2 Å². The maximum atomic E-state index is 11.8. The van der Waals surface area contributed by atoms with E-state index in [0.29, 0.717) is 6.61 Å². The first-order valence-electron chi connectivity index (χ1n) is 5.72. The Morgan fingerprint density at radius 1 is 1.50 bits per heavy atom. The van der Waals surface area contributed by atoms with Crippen molar-refractivity contribution in [2.45, 2.75) is 26.8 Å². The molecule has 3 nitrogen and oxygen atoms in total. The van der Waals surface area contributed by atoms with E-state index in [2.05, 4.69) is 11.4 Å². The quantitative estimate of drug-likeness (QED) is 0.771. The first kappa shape index (κ1) is 11.1. The number of ether oxygens (including phenoxy) is 1. The van der Waals surface area contributed by atoms with Crippen molar-refractivity contribution in [1.82, 2.24) is 5.32 Å². The third-order valence-corrected chi connectivity index (χ3v) is 2.85. The number of hydrogen-bond acceptors (Lipinski definition) is 3. The van der Waals surface area contributed by atoms with Crippen molar-refractivity contribution in [3.8, 4) is 0 Å². The fourth-order valence-corrected chi connectivity index (χ4v) is 2.15. The molecule has 16 heavy (non-hydrogen) atoms. The van der Waals surface area contributed by atoms with E-state index in [1.165, 1.54) is 5.56 Å². The lowest BCUT2D eigenvalue weighted by Crippen LogP contribution is -2.26. The molecule has 1 aromatic rings. The predicted octanol–water partition coefficient (Wildman–Crippen LogP) is 1.82. The van der Waals surface area contributed by atoms with Gasteiger partial charge in [-0.25, -0.2) is 4.79 Å². The molecule has 0 aliphatic carbocycles. The Morgan fingerprint density at radius 2 is 2.31 bits per heavy atom. The minimum absolute atomic E-state index is 0.203. The normalized spacial score (nSPS) is 14.4. The van der Waals surface area contributed by atoms with Crippen LogP contribution in [-0.2, 0) is 17.7 Å². The van der Waals surface area contributed by atoms with Crippen LogP contribution in [0.15, 0.2) is 12.1 Å². The van der Waals surface area contributed by atoms with Gasteiger partial charge in [0, 0.05) is 6.54 Å². The second-order valence-corrected chi connectivity index (χ2v) is 4.10. The smallest absolute Gasteiger partial charge is 0.338 e. The van der Waals surface area contributed by atoms with Crippen LogP contribution in [0, 0.1) is 6.92 Å². The van der Waals surface area contributed by atoms with Crippen LogP contribution < -0.4 is 5.32 Å². The van der Waals surface area contributed by atoms with Gasteiger partial charge in [-0.15, -0.1) is 0 Å². The minimum atomic E-state index is -0.203. The van der Waals surface area contributed by atoms with Crippen LogP contribution in [0.5, 0.6) is 0 Å². The fraction of sp³-hybridized carbons (Fsp3) is 0.462. The van der Waals surface area contributed by atoms with Crippen LogP contribution >= 0.6 is 0 Å². The van der Waals surface area contributed by atoms with Crippen LogP contribution in [0.25, 0.3) is 0 Å². The minimum Gasteiger partial charge on any atom is -0.462 e. The Bertz CT molecular complexity index is 413. The highest BCUT2D eigenvalue weighted by molar-refractivity contribution is 5.91. The Kier molecular flexibility index (Phi) is 3.25. The monoisotopic (exact) mass is 219 g/mol. The van der Waals surface area contributed by atoms with Crippen molar-refractivity contribution in [2.24, 2.45) is 0 Å². The van der Waals surface area contributed by atoms with Crippen molar-refractivity contribution in [2.75, 3.05) is 13.2 Å². The first-order chi connectivity index (χ1) is 7.72. The van der Waals surface area contributed by atoms with Gasteiger partial charge in [0.25, 0.3) is 0 Å². The lowest BCUT2D eigenvalue weighted by molar-refractivity contribution is 0.0524. The molecule has 1 aliphatic rings. The Labute approximate surface area is 95.8 Å². The summed E-state index contributed by atoms with van der Waals surface area (Å²) in [5.41, 5.74) is 4.24. The fourth-order valence-electron chi connectivity index (χ4n) is 2.15. The molecule has 3 heteroatoms. The van der Waals surface area contributed by atoms with Gasteiger partial charge < -0.3 is 10.1 Å². The second-order valence-electron chi connectivity index (χ2n) is 4.10. The lowest BCUT2D eigenvalue weighted by atomic mass is 9.93. The molecule has 0 aromatic heterocycles. The highest BCUT2D eigenvalue weighted by Crippen LogP contribution is 2.21. The lowest BCUT2D eigenvalue weighted by Gasteiger charge is -2.20. The van der Waals surface area contributed by atoms with E-state index in [1.54, 1.807) is 0 Å². The molecule has 0 saturated carbocycles. The number of rotatable bonds is 2. The summed E-state index contributed by atoms with van der Waals surface area (Å²) >= 11 is 0. The van der Waals surface area contributed by atoms with Gasteiger partial charge in [-0.3, -0.25) is 0 Å². The summed E-state index contributed by atoms with van der Waals surface area (Å²) in [6.07, 6.45) is 0.990. The van der Waals surface area contributed by atoms with Gasteiger partial charge >= 0.3 is 5.97 Å². The number of hydrogen-bond donors (Lipinski definition) is 1. The number of carbonyl (C=O) groups is 1. The van der Waals surface area contributed by atoms with Gasteiger partial charge in [0.1, 0.15) is 0 Å². The number of nitrogens with one attached hydrogen (secondary N) is 1. The molecule has 0 radical (unpaired) electrons. The molecule has 1 aromatic carbocycles. The SMILES string of the molecule is CCOC(=O)c1cc(C)cc2c1CNCC2. The largest absolute Gasteiger partial charge is 0.462 e. The van der Waals surface area contributed by atoms with Crippen LogP contribution in [0.3, 0.4) is 0 Å². The van der Waals surface area contributed by atoms with E-state index in [9.17, 15) is 4.79 Å². The van der Waals surface area contributed by atoms with Gasteiger partial charge in [-0.2, -0.15) is 0 Å². The summed E-state index contributed by atoms with van der Waals surface area (Å²) in [6.45, 7) is 6.03. The predicted molar refractivity (Wildman–Crippen MR) is 62.5 cm³/mol. The second kappa shape index (κ2) is 4.66. The number of carbonyl (C=O) groups excluding carboxylic acids is 1. The van der Waals surface area contributed by atoms with Crippen LogP contribution in [0.2, 0.25) is 0 Å². The molecule has 1 aliphatic heterocycles. The average molecular weight is 219 g/mol. The Balaban J connectivity index is 2.43. The molecule has 0 fully saturated rings. The number of aryl methyl sites for hydroxylation is 1. The summed E-state index contributed by atoms with van der Waals surface area (Å²) in [4.78, 5) is 11.8. The molecule has 0 atom stereocenters. The summed E-state index contributed by atoms with van der Waals surface area (Å²) in [7, 11) is 0. The van der Waals surface area contributed by atoms with E-state index >= 15 is 0 Å². The molecule has 1 N–H and O–H groups in total. The summed E-state index contributed by atoms with van der Waals surface area (Å²) in [6, 6.07) is 4.09. The van der Waals surface area contributed by atoms with E-state index in [4.69, 9.17) is 4.74 Å². The van der Waals surface area contributed by atoms with Crippen molar-refractivity contribution < 1.29 is 9.53 Å². The van der Waals surface area contributed by atoms with Gasteiger partial charge in [0.15, 0.2) is 0 Å². The van der Waals surface area contributed by atoms with E-state index in [1.807, 2.05) is 19.9 Å². The standard InChI is InChI=1S/C13H17NO2/c1-3-16-13(15)11-7-9(2)6-10-4-5-14-8-12(10)11/h6-7,14H,3-5,8H2,1-2H3. The summed E-state index contributed by atoms with van der Waals surface area (Å²) < 4.78 is 5.08. The molecular weight excluding hydrogens is 202 g/mol. The van der Waals surface area contributed by atoms with Crippen molar-refractivity contribution in [3.05, 3.63) is 34.4 Å². The molecule has 2 rings (SSSR count). The topological polar surface area (TPSA) is 38.3 Å². The molecular formula is C13H17NO2. The van der Waals surface area contributed by atoms with Crippen molar-refractivity contribution in [3.63, 3.8) is 0 Å². The van der Waals surface area contributed by atoms with Crippen LogP contribution in [0.4, 0.5) is 0 Å². The Morgan fingerprint density at radius 3 is 3.06 bits per heavy atom. The molecule has 0 unspecified atom stereocenters. The average Bonchev–Trinajstić information content (AvgIpc) is 2.28. The molecule has 0 bridgehead atoms. The third kappa shape index (κ3) is 2.09. The molecule has 1 heterocycles. The van der Waals surface area contributed by atoms with Gasteiger partial charge in [-0.05, 0) is 49.6 Å². The van der Waals surface area contributed by atoms with E-state index in [0.717, 1.165) is 36.2 Å². The van der Waals surface area contributed by atoms with Crippen LogP contribution in [-0.4, -0.2) is 19.1 Å². The molecule has 86 valence electrons. The number of benzene rings is 1. The highest BCUT2D eigenvalue weighted by Gasteiger charge is 2.18. The van der Waals surface area contributed by atoms with Crippen LogP contribution in [0.1, 0.15) is 34.0 Å². The van der Waals surface area contributed by atoms with Crippen molar-refractivity contribution in [1.29, 1.82) is 0 Å². The van der Waals surface area contributed by atoms with Gasteiger partial charge in [0.2, 0.25) is 0 Å². The first-order valence-corrected chi connectivity index (χ1v) is 5.72. The van der Waals surface area contributed by atoms with E-state index in [-0.39, 0.29) is 5.97 Å². The zero-order valence-electron chi connectivity index (χ0n) is 9.80. The van der Waals surface area contributed by atoms with E-state index < -0.39 is 0 Å². The number of fused-ring (bicyclic) bond motifs is 1. The third-order valence-electron chi connectivity index (χ3n) is 2.85. The molecule has 0 amide bonds. The van der Waals surface area contributed by atoms with Gasteiger partial charge in [-0.1, -0.05) is 6.07 Å². The zero-order valence-corrected chi connectivity index (χ0v) is 9.80.